The quantitative estimate of drug-likeness (QED) is 0.389. The highest BCUT2D eigenvalue weighted by Crippen LogP contribution is 2.39. The molecule has 0 unspecified atom stereocenters. The van der Waals surface area contributed by atoms with Gasteiger partial charge < -0.3 is 29.9 Å². The molecule has 2 aromatic carbocycles. The van der Waals surface area contributed by atoms with Crippen molar-refractivity contribution in [3.63, 3.8) is 0 Å². The van der Waals surface area contributed by atoms with Crippen LogP contribution in [0.2, 0.25) is 0 Å². The van der Waals surface area contributed by atoms with E-state index in [1.54, 1.807) is 6.20 Å². The molecule has 3 N–H and O–H groups in total. The van der Waals surface area contributed by atoms with Crippen LogP contribution in [0.3, 0.4) is 0 Å². The van der Waals surface area contributed by atoms with Crippen LogP contribution in [0.25, 0.3) is 10.9 Å². The Labute approximate surface area is 203 Å². The minimum absolute atomic E-state index is 0.528. The van der Waals surface area contributed by atoms with Gasteiger partial charge in [0.15, 0.2) is 0 Å². The molecule has 0 bridgehead atoms. The minimum Gasteiger partial charge on any atom is -0.378 e. The summed E-state index contributed by atoms with van der Waals surface area (Å²) in [4.78, 5) is 14.0. The molecule has 10 nitrogen and oxygen atoms in total. The van der Waals surface area contributed by atoms with Crippen molar-refractivity contribution in [3.05, 3.63) is 54.9 Å². The van der Waals surface area contributed by atoms with E-state index in [2.05, 4.69) is 53.8 Å². The fourth-order valence-electron chi connectivity index (χ4n) is 4.63. The molecule has 2 aliphatic rings. The maximum absolute atomic E-state index is 5.63. The van der Waals surface area contributed by atoms with Crippen LogP contribution < -0.4 is 20.4 Å². The van der Waals surface area contributed by atoms with E-state index in [1.165, 1.54) is 5.69 Å². The van der Waals surface area contributed by atoms with Crippen LogP contribution >= 0.6 is 0 Å². The number of hydrogen-bond donors (Lipinski definition) is 3. The average Bonchev–Trinajstić information content (AvgIpc) is 3.40. The molecule has 0 saturated carbocycles. The average molecular weight is 473 g/mol. The van der Waals surface area contributed by atoms with Gasteiger partial charge in [-0.2, -0.15) is 10.1 Å². The first kappa shape index (κ1) is 21.6. The van der Waals surface area contributed by atoms with Gasteiger partial charge in [0, 0.05) is 37.8 Å². The van der Waals surface area contributed by atoms with Crippen LogP contribution in [0.5, 0.6) is 0 Å². The van der Waals surface area contributed by atoms with Gasteiger partial charge >= 0.3 is 0 Å². The summed E-state index contributed by atoms with van der Waals surface area (Å²) in [5.41, 5.74) is 5.17. The zero-order valence-electron chi connectivity index (χ0n) is 19.4. The molecular formula is C25H28N8O2. The Bertz CT molecular complexity index is 1300. The van der Waals surface area contributed by atoms with Crippen molar-refractivity contribution in [1.82, 2.24) is 20.2 Å². The maximum Gasteiger partial charge on any atom is 0.229 e. The summed E-state index contributed by atoms with van der Waals surface area (Å²) in [6.07, 6.45) is 3.56. The molecule has 180 valence electrons. The van der Waals surface area contributed by atoms with Gasteiger partial charge in [-0.1, -0.05) is 18.2 Å². The number of para-hydroxylation sites is 2. The zero-order valence-corrected chi connectivity index (χ0v) is 19.4. The largest absolute Gasteiger partial charge is 0.378 e. The number of aromatic nitrogens is 4. The first-order chi connectivity index (χ1) is 17.3. The number of anilines is 6. The van der Waals surface area contributed by atoms with Gasteiger partial charge in [0.05, 0.1) is 60.9 Å². The van der Waals surface area contributed by atoms with Crippen molar-refractivity contribution in [1.29, 1.82) is 0 Å². The molecule has 10 heteroatoms. The molecule has 0 atom stereocenters. The van der Waals surface area contributed by atoms with Gasteiger partial charge in [-0.15, -0.1) is 0 Å². The summed E-state index contributed by atoms with van der Waals surface area (Å²) in [5.74, 6) is 1.22. The summed E-state index contributed by atoms with van der Waals surface area (Å²) in [6, 6.07) is 14.2. The monoisotopic (exact) mass is 472 g/mol. The lowest BCUT2D eigenvalue weighted by atomic mass is 10.1. The number of nitrogens with one attached hydrogen (secondary N) is 3. The number of fused-ring (bicyclic) bond motifs is 1. The Morgan fingerprint density at radius 2 is 1.54 bits per heavy atom. The minimum atomic E-state index is 0.528. The smallest absolute Gasteiger partial charge is 0.229 e. The van der Waals surface area contributed by atoms with Gasteiger partial charge in [-0.3, -0.25) is 5.10 Å². The van der Waals surface area contributed by atoms with Crippen LogP contribution in [0.1, 0.15) is 0 Å². The van der Waals surface area contributed by atoms with Gasteiger partial charge in [-0.05, 0) is 24.3 Å². The van der Waals surface area contributed by atoms with Crippen molar-refractivity contribution in [2.45, 2.75) is 0 Å². The van der Waals surface area contributed by atoms with Crippen LogP contribution in [0.15, 0.2) is 54.9 Å². The topological polar surface area (TPSA) is 103 Å². The van der Waals surface area contributed by atoms with Crippen molar-refractivity contribution in [2.24, 2.45) is 0 Å². The number of H-pyrrole nitrogens is 1. The molecule has 2 saturated heterocycles. The van der Waals surface area contributed by atoms with Gasteiger partial charge in [-0.25, -0.2) is 4.98 Å². The lowest BCUT2D eigenvalue weighted by molar-refractivity contribution is 0.121. The molecular weight excluding hydrogens is 444 g/mol. The Hall–Kier alpha value is -3.89. The summed E-state index contributed by atoms with van der Waals surface area (Å²) in [6.45, 7) is 6.32. The van der Waals surface area contributed by atoms with E-state index in [9.17, 15) is 0 Å². The number of ether oxygens (including phenoxy) is 2. The fraction of sp³-hybridized carbons (Fsp3) is 0.320. The Balaban J connectivity index is 1.31. The van der Waals surface area contributed by atoms with E-state index < -0.39 is 0 Å². The van der Waals surface area contributed by atoms with E-state index in [4.69, 9.17) is 14.5 Å². The van der Waals surface area contributed by atoms with E-state index in [0.29, 0.717) is 25.0 Å². The van der Waals surface area contributed by atoms with Crippen LogP contribution in [0.4, 0.5) is 34.5 Å². The number of rotatable bonds is 6. The lowest BCUT2D eigenvalue weighted by Crippen LogP contribution is -2.40. The standard InChI is InChI=1S/C25H28N8O2/c1-3-18-17-27-31-23(18)19(4-1)28-22-7-8-26-25(30-22)29-20-5-2-6-21(32-9-13-34-14-10-32)24(20)33-11-15-35-16-12-33/h1-8,17H,9-16H2,(H,27,31)(H2,26,28,29,30). The predicted molar refractivity (Wildman–Crippen MR) is 137 cm³/mol. The molecule has 35 heavy (non-hydrogen) atoms. The fourth-order valence-corrected chi connectivity index (χ4v) is 4.63. The Kier molecular flexibility index (Phi) is 6.04. The maximum atomic E-state index is 5.63. The lowest BCUT2D eigenvalue weighted by Gasteiger charge is -2.37. The second-order valence-corrected chi connectivity index (χ2v) is 8.53. The molecule has 0 amide bonds. The van der Waals surface area contributed by atoms with Crippen molar-refractivity contribution < 1.29 is 9.47 Å². The van der Waals surface area contributed by atoms with E-state index in [-0.39, 0.29) is 0 Å². The molecule has 0 radical (unpaired) electrons. The van der Waals surface area contributed by atoms with Crippen molar-refractivity contribution in [2.75, 3.05) is 73.0 Å². The van der Waals surface area contributed by atoms with Gasteiger partial charge in [0.2, 0.25) is 5.95 Å². The van der Waals surface area contributed by atoms with E-state index in [1.807, 2.05) is 30.5 Å². The summed E-state index contributed by atoms with van der Waals surface area (Å²) in [7, 11) is 0. The van der Waals surface area contributed by atoms with Crippen LogP contribution in [-0.2, 0) is 9.47 Å². The van der Waals surface area contributed by atoms with Crippen LogP contribution in [-0.4, -0.2) is 72.8 Å². The third kappa shape index (κ3) is 4.58. The molecule has 2 aliphatic heterocycles. The predicted octanol–water partition coefficient (Wildman–Crippen LogP) is 3.51. The highest BCUT2D eigenvalue weighted by atomic mass is 16.5. The Morgan fingerprint density at radius 1 is 0.800 bits per heavy atom. The third-order valence-electron chi connectivity index (χ3n) is 6.34. The normalized spacial score (nSPS) is 16.5. The highest BCUT2D eigenvalue weighted by Gasteiger charge is 2.23. The van der Waals surface area contributed by atoms with Crippen molar-refractivity contribution in [3.8, 4) is 0 Å². The number of hydrogen-bond acceptors (Lipinski definition) is 9. The molecule has 4 heterocycles. The number of morpholine rings is 2. The highest BCUT2D eigenvalue weighted by molar-refractivity contribution is 5.91. The van der Waals surface area contributed by atoms with Gasteiger partial charge in [0.1, 0.15) is 5.82 Å². The molecule has 0 spiro atoms. The number of benzene rings is 2. The SMILES string of the molecule is c1cc(Nc2nccc(Nc3cccc4cn[nH]c34)n2)c(N2CCOCC2)c(N2CCOCC2)c1. The summed E-state index contributed by atoms with van der Waals surface area (Å²) in [5, 5.41) is 15.1. The first-order valence-corrected chi connectivity index (χ1v) is 11.9. The number of aromatic amines is 1. The second-order valence-electron chi connectivity index (χ2n) is 8.53. The zero-order chi connectivity index (χ0) is 23.5. The second kappa shape index (κ2) is 9.77. The molecule has 6 rings (SSSR count). The first-order valence-electron chi connectivity index (χ1n) is 11.9. The molecule has 4 aromatic rings. The third-order valence-corrected chi connectivity index (χ3v) is 6.34. The number of nitrogens with zero attached hydrogens (tertiary/aromatic N) is 5. The molecule has 0 aliphatic carbocycles. The Morgan fingerprint density at radius 3 is 2.37 bits per heavy atom. The molecule has 2 aromatic heterocycles. The van der Waals surface area contributed by atoms with Crippen LogP contribution in [0, 0.1) is 0 Å². The van der Waals surface area contributed by atoms with E-state index >= 15 is 0 Å². The summed E-state index contributed by atoms with van der Waals surface area (Å²) >= 11 is 0. The summed E-state index contributed by atoms with van der Waals surface area (Å²) < 4.78 is 11.2. The van der Waals surface area contributed by atoms with Crippen molar-refractivity contribution >= 4 is 45.4 Å². The van der Waals surface area contributed by atoms with E-state index in [0.717, 1.165) is 67.4 Å². The molecule has 2 fully saturated rings. The van der Waals surface area contributed by atoms with Gasteiger partial charge in [0.25, 0.3) is 0 Å².